The molecule has 1 aromatic heterocycles. The van der Waals surface area contributed by atoms with Gasteiger partial charge in [0.2, 0.25) is 11.8 Å². The Morgan fingerprint density at radius 1 is 1.40 bits per heavy atom. The molecule has 0 fully saturated rings. The Balaban J connectivity index is 2.97. The van der Waals surface area contributed by atoms with Crippen LogP contribution in [0, 0.1) is 0 Å². The molecule has 0 aliphatic rings. The number of carbonyl (C=O) groups excluding carboxylic acids is 1. The Kier molecular flexibility index (Phi) is 6.55. The highest BCUT2D eigenvalue weighted by molar-refractivity contribution is 5.82. The van der Waals surface area contributed by atoms with Gasteiger partial charge in [-0.05, 0) is 12.8 Å². The summed E-state index contributed by atoms with van der Waals surface area (Å²) >= 11 is 0. The van der Waals surface area contributed by atoms with Crippen molar-refractivity contribution in [1.29, 1.82) is 0 Å². The maximum Gasteiger partial charge on any atom is 0.242 e. The number of hydrogen-bond donors (Lipinski definition) is 2. The van der Waals surface area contributed by atoms with Crippen LogP contribution in [0.3, 0.4) is 0 Å². The van der Waals surface area contributed by atoms with Crippen molar-refractivity contribution in [1.82, 2.24) is 15.3 Å². The lowest BCUT2D eigenvalue weighted by molar-refractivity contribution is -0.119. The lowest BCUT2D eigenvalue weighted by atomic mass is 10.3. The topological polar surface area (TPSA) is 93.4 Å². The molecular formula is C13H23N5O2. The monoisotopic (exact) mass is 281 g/mol. The van der Waals surface area contributed by atoms with Crippen molar-refractivity contribution in [2.75, 3.05) is 37.4 Å². The zero-order valence-electron chi connectivity index (χ0n) is 12.3. The Labute approximate surface area is 119 Å². The molecule has 0 bridgehead atoms. The molecule has 112 valence electrons. The number of rotatable bonds is 8. The van der Waals surface area contributed by atoms with Crippen LogP contribution in [0.2, 0.25) is 0 Å². The fraction of sp³-hybridized carbons (Fsp3) is 0.615. The lowest BCUT2D eigenvalue weighted by Crippen LogP contribution is -2.37. The first-order valence-electron chi connectivity index (χ1n) is 6.82. The first-order chi connectivity index (χ1) is 9.63. The van der Waals surface area contributed by atoms with Gasteiger partial charge < -0.3 is 20.7 Å². The summed E-state index contributed by atoms with van der Waals surface area (Å²) in [5.74, 6) is 0.818. The maximum atomic E-state index is 11.6. The Bertz CT molecular complexity index is 439. The van der Waals surface area contributed by atoms with Crippen LogP contribution in [0.4, 0.5) is 11.5 Å². The van der Waals surface area contributed by atoms with Gasteiger partial charge in [-0.3, -0.25) is 4.79 Å². The maximum absolute atomic E-state index is 11.6. The first-order valence-corrected chi connectivity index (χ1v) is 6.82. The average Bonchev–Trinajstić information content (AvgIpc) is 2.45. The van der Waals surface area contributed by atoms with E-state index >= 15 is 0 Å². The van der Waals surface area contributed by atoms with E-state index in [4.69, 9.17) is 10.5 Å². The normalized spacial score (nSPS) is 10.2. The van der Waals surface area contributed by atoms with Gasteiger partial charge in [0.1, 0.15) is 12.0 Å². The summed E-state index contributed by atoms with van der Waals surface area (Å²) < 4.78 is 5.48. The van der Waals surface area contributed by atoms with Crippen LogP contribution in [0.15, 0.2) is 6.33 Å². The third kappa shape index (κ3) is 4.25. The van der Waals surface area contributed by atoms with E-state index in [-0.39, 0.29) is 12.5 Å². The summed E-state index contributed by atoms with van der Waals surface area (Å²) in [4.78, 5) is 21.6. The molecule has 1 amide bonds. The first kappa shape index (κ1) is 16.0. The quantitative estimate of drug-likeness (QED) is 0.732. The molecular weight excluding hydrogens is 258 g/mol. The van der Waals surface area contributed by atoms with E-state index in [0.29, 0.717) is 30.5 Å². The number of nitrogen functional groups attached to an aromatic ring is 1. The number of amides is 1. The molecule has 0 saturated heterocycles. The minimum absolute atomic E-state index is 0.0903. The van der Waals surface area contributed by atoms with Gasteiger partial charge in [-0.2, -0.15) is 4.98 Å². The van der Waals surface area contributed by atoms with Gasteiger partial charge in [-0.1, -0.05) is 13.8 Å². The van der Waals surface area contributed by atoms with Crippen LogP contribution in [0.1, 0.15) is 26.7 Å². The molecule has 0 aliphatic carbocycles. The predicted octanol–water partition coefficient (Wildman–Crippen LogP) is 0.810. The molecule has 1 heterocycles. The minimum atomic E-state index is -0.0903. The molecule has 0 unspecified atom stereocenters. The molecule has 0 aliphatic heterocycles. The Hall–Kier alpha value is -2.05. The zero-order valence-corrected chi connectivity index (χ0v) is 12.3. The smallest absolute Gasteiger partial charge is 0.242 e. The summed E-state index contributed by atoms with van der Waals surface area (Å²) in [6.45, 7) is 5.47. The molecule has 1 aromatic rings. The van der Waals surface area contributed by atoms with Crippen LogP contribution in [-0.4, -0.2) is 42.6 Å². The molecule has 20 heavy (non-hydrogen) atoms. The van der Waals surface area contributed by atoms with Crippen LogP contribution in [0.5, 0.6) is 5.88 Å². The van der Waals surface area contributed by atoms with E-state index in [2.05, 4.69) is 15.3 Å². The number of nitrogens with one attached hydrogen (secondary N) is 1. The van der Waals surface area contributed by atoms with Crippen LogP contribution >= 0.6 is 0 Å². The van der Waals surface area contributed by atoms with Gasteiger partial charge in [0.05, 0.1) is 13.2 Å². The molecule has 0 saturated carbocycles. The molecule has 0 aromatic carbocycles. The summed E-state index contributed by atoms with van der Waals surface area (Å²) in [7, 11) is 1.60. The second kappa shape index (κ2) is 8.19. The highest BCUT2D eigenvalue weighted by Gasteiger charge is 2.17. The second-order valence-corrected chi connectivity index (χ2v) is 4.36. The van der Waals surface area contributed by atoms with Gasteiger partial charge in [0.25, 0.3) is 0 Å². The molecule has 0 radical (unpaired) electrons. The van der Waals surface area contributed by atoms with E-state index in [1.807, 2.05) is 18.7 Å². The SMILES string of the molecule is CCCOc1ncnc(N(CCC)CC(=O)NC)c1N. The van der Waals surface area contributed by atoms with Crippen LogP contribution < -0.4 is 20.7 Å². The van der Waals surface area contributed by atoms with Gasteiger partial charge in [-0.15, -0.1) is 0 Å². The van der Waals surface area contributed by atoms with Gasteiger partial charge in [-0.25, -0.2) is 4.98 Å². The number of aromatic nitrogens is 2. The van der Waals surface area contributed by atoms with E-state index in [1.165, 1.54) is 6.33 Å². The number of hydrogen-bond acceptors (Lipinski definition) is 6. The van der Waals surface area contributed by atoms with Crippen molar-refractivity contribution in [3.63, 3.8) is 0 Å². The molecule has 3 N–H and O–H groups in total. The second-order valence-electron chi connectivity index (χ2n) is 4.36. The van der Waals surface area contributed by atoms with Gasteiger partial charge in [0, 0.05) is 13.6 Å². The number of nitrogens with two attached hydrogens (primary N) is 1. The average molecular weight is 281 g/mol. The number of anilines is 2. The van der Waals surface area contributed by atoms with Crippen molar-refractivity contribution in [2.45, 2.75) is 26.7 Å². The third-order valence-electron chi connectivity index (χ3n) is 2.68. The largest absolute Gasteiger partial charge is 0.476 e. The molecule has 7 heteroatoms. The standard InChI is InChI=1S/C13H23N5O2/c1-4-6-18(8-10(19)15-3)12-11(14)13(17-9-16-12)20-7-5-2/h9H,4-8,14H2,1-3H3,(H,15,19). The van der Waals surface area contributed by atoms with Crippen molar-refractivity contribution >= 4 is 17.4 Å². The summed E-state index contributed by atoms with van der Waals surface area (Å²) in [6.07, 6.45) is 3.16. The van der Waals surface area contributed by atoms with Crippen molar-refractivity contribution in [3.05, 3.63) is 6.33 Å². The molecule has 7 nitrogen and oxygen atoms in total. The molecule has 0 spiro atoms. The van der Waals surface area contributed by atoms with Gasteiger partial charge >= 0.3 is 0 Å². The lowest BCUT2D eigenvalue weighted by Gasteiger charge is -2.23. The highest BCUT2D eigenvalue weighted by atomic mass is 16.5. The van der Waals surface area contributed by atoms with Gasteiger partial charge in [0.15, 0.2) is 5.82 Å². The number of likely N-dealkylation sites (N-methyl/N-ethyl adjacent to an activating group) is 1. The summed E-state index contributed by atoms with van der Waals surface area (Å²) in [5, 5.41) is 2.60. The molecule has 0 atom stereocenters. The number of carbonyl (C=O) groups is 1. The van der Waals surface area contributed by atoms with E-state index in [1.54, 1.807) is 7.05 Å². The number of ether oxygens (including phenoxy) is 1. The zero-order chi connectivity index (χ0) is 15.0. The Morgan fingerprint density at radius 2 is 2.15 bits per heavy atom. The Morgan fingerprint density at radius 3 is 2.75 bits per heavy atom. The van der Waals surface area contributed by atoms with Crippen LogP contribution in [-0.2, 0) is 4.79 Å². The predicted molar refractivity (Wildman–Crippen MR) is 78.8 cm³/mol. The number of nitrogens with zero attached hydrogens (tertiary/aromatic N) is 3. The fourth-order valence-corrected chi connectivity index (χ4v) is 1.72. The molecule has 1 rings (SSSR count). The minimum Gasteiger partial charge on any atom is -0.476 e. The third-order valence-corrected chi connectivity index (χ3v) is 2.68. The van der Waals surface area contributed by atoms with E-state index in [9.17, 15) is 4.79 Å². The van der Waals surface area contributed by atoms with E-state index in [0.717, 1.165) is 12.8 Å². The fourth-order valence-electron chi connectivity index (χ4n) is 1.72. The summed E-state index contributed by atoms with van der Waals surface area (Å²) in [6, 6.07) is 0. The van der Waals surface area contributed by atoms with Crippen LogP contribution in [0.25, 0.3) is 0 Å². The van der Waals surface area contributed by atoms with E-state index < -0.39 is 0 Å². The van der Waals surface area contributed by atoms with Crippen molar-refractivity contribution in [2.24, 2.45) is 0 Å². The highest BCUT2D eigenvalue weighted by Crippen LogP contribution is 2.27. The summed E-state index contributed by atoms with van der Waals surface area (Å²) in [5.41, 5.74) is 6.42. The van der Waals surface area contributed by atoms with Crippen molar-refractivity contribution in [3.8, 4) is 5.88 Å². The van der Waals surface area contributed by atoms with Crippen molar-refractivity contribution < 1.29 is 9.53 Å².